The number of nitrogens with two attached hydrogens (primary N) is 1. The number of hydrogen-bond donors (Lipinski definition) is 1. The van der Waals surface area contributed by atoms with Gasteiger partial charge in [-0.1, -0.05) is 12.1 Å². The largest absolute Gasteiger partial charge is 0.398 e. The first-order valence-electron chi connectivity index (χ1n) is 7.11. The molecule has 1 amide bonds. The standard InChI is InChI=1S/C17H15N3OS/c18-14-6-2-1-5-13(14)17(21)20-10-12-4-3-8-19(12)11-16-15(20)7-9-22-16/h1-8,11H,9-10,18H2. The summed E-state index contributed by atoms with van der Waals surface area (Å²) >= 11 is 1.75. The third kappa shape index (κ3) is 2.05. The van der Waals surface area contributed by atoms with Gasteiger partial charge in [0.2, 0.25) is 0 Å². The summed E-state index contributed by atoms with van der Waals surface area (Å²) in [5.74, 6) is 0.846. The molecule has 0 unspecified atom stereocenters. The predicted octanol–water partition coefficient (Wildman–Crippen LogP) is 3.16. The summed E-state index contributed by atoms with van der Waals surface area (Å²) in [4.78, 5) is 16.0. The van der Waals surface area contributed by atoms with Crippen LogP contribution in [-0.2, 0) is 6.54 Å². The van der Waals surface area contributed by atoms with Gasteiger partial charge in [-0.15, -0.1) is 11.8 Å². The minimum Gasteiger partial charge on any atom is -0.398 e. The second-order valence-electron chi connectivity index (χ2n) is 5.28. The highest BCUT2D eigenvalue weighted by molar-refractivity contribution is 8.03. The van der Waals surface area contributed by atoms with Gasteiger partial charge in [-0.25, -0.2) is 0 Å². The normalized spacial score (nSPS) is 16.5. The van der Waals surface area contributed by atoms with Crippen molar-refractivity contribution in [2.24, 2.45) is 0 Å². The van der Waals surface area contributed by atoms with Crippen LogP contribution in [0.5, 0.6) is 0 Å². The van der Waals surface area contributed by atoms with Crippen molar-refractivity contribution in [2.45, 2.75) is 6.54 Å². The van der Waals surface area contributed by atoms with Crippen molar-refractivity contribution in [3.63, 3.8) is 0 Å². The van der Waals surface area contributed by atoms with E-state index in [0.717, 1.165) is 22.0 Å². The summed E-state index contributed by atoms with van der Waals surface area (Å²) in [7, 11) is 0. The van der Waals surface area contributed by atoms with Crippen LogP contribution in [0.2, 0.25) is 0 Å². The molecule has 4 nitrogen and oxygen atoms in total. The van der Waals surface area contributed by atoms with Crippen LogP contribution in [0.15, 0.2) is 59.3 Å². The summed E-state index contributed by atoms with van der Waals surface area (Å²) in [6.07, 6.45) is 6.23. The molecule has 1 aromatic carbocycles. The van der Waals surface area contributed by atoms with Crippen molar-refractivity contribution in [2.75, 3.05) is 11.5 Å². The molecule has 1 aromatic heterocycles. The van der Waals surface area contributed by atoms with Crippen molar-refractivity contribution < 1.29 is 4.79 Å². The first kappa shape index (κ1) is 13.3. The van der Waals surface area contributed by atoms with Gasteiger partial charge in [0.05, 0.1) is 17.8 Å². The highest BCUT2D eigenvalue weighted by atomic mass is 32.2. The molecule has 0 atom stereocenters. The number of amides is 1. The third-order valence-electron chi connectivity index (χ3n) is 3.94. The fourth-order valence-electron chi connectivity index (χ4n) is 2.81. The van der Waals surface area contributed by atoms with Gasteiger partial charge in [0, 0.05) is 34.4 Å². The van der Waals surface area contributed by atoms with E-state index in [-0.39, 0.29) is 5.91 Å². The topological polar surface area (TPSA) is 51.3 Å². The van der Waals surface area contributed by atoms with Crippen molar-refractivity contribution >= 4 is 29.6 Å². The van der Waals surface area contributed by atoms with Gasteiger partial charge in [0.25, 0.3) is 5.91 Å². The lowest BCUT2D eigenvalue weighted by Gasteiger charge is -2.23. The van der Waals surface area contributed by atoms with Gasteiger partial charge < -0.3 is 15.2 Å². The average Bonchev–Trinajstić information content (AvgIpc) is 3.13. The number of aromatic nitrogens is 1. The Morgan fingerprint density at radius 1 is 1.18 bits per heavy atom. The molecule has 110 valence electrons. The van der Waals surface area contributed by atoms with Gasteiger partial charge in [0.1, 0.15) is 0 Å². The molecule has 0 saturated heterocycles. The van der Waals surface area contributed by atoms with E-state index in [1.807, 2.05) is 35.4 Å². The molecular formula is C17H15N3OS. The molecule has 2 aliphatic heterocycles. The number of fused-ring (bicyclic) bond motifs is 2. The predicted molar refractivity (Wildman–Crippen MR) is 90.0 cm³/mol. The lowest BCUT2D eigenvalue weighted by atomic mass is 10.1. The Hall–Kier alpha value is -2.40. The monoisotopic (exact) mass is 309 g/mol. The van der Waals surface area contributed by atoms with Crippen LogP contribution in [0.25, 0.3) is 6.20 Å². The first-order chi connectivity index (χ1) is 10.7. The Labute approximate surface area is 132 Å². The van der Waals surface area contributed by atoms with E-state index in [4.69, 9.17) is 5.73 Å². The quantitative estimate of drug-likeness (QED) is 0.823. The number of benzene rings is 1. The Balaban J connectivity index is 1.80. The number of para-hydroxylation sites is 1. The SMILES string of the molecule is Nc1ccccc1C(=O)N1Cc2cccn2C=C2SCC=C21. The number of carbonyl (C=O) groups excluding carboxylic acids is 1. The van der Waals surface area contributed by atoms with Gasteiger partial charge >= 0.3 is 0 Å². The second-order valence-corrected chi connectivity index (χ2v) is 6.34. The molecule has 0 bridgehead atoms. The van der Waals surface area contributed by atoms with Gasteiger partial charge in [-0.3, -0.25) is 4.79 Å². The van der Waals surface area contributed by atoms with Crippen molar-refractivity contribution in [1.82, 2.24) is 9.47 Å². The van der Waals surface area contributed by atoms with Crippen molar-refractivity contribution in [3.05, 3.63) is 70.5 Å². The number of nitrogens with zero attached hydrogens (tertiary/aromatic N) is 2. The zero-order chi connectivity index (χ0) is 15.1. The summed E-state index contributed by atoms with van der Waals surface area (Å²) in [5, 5.41) is 0. The fourth-order valence-corrected chi connectivity index (χ4v) is 3.76. The summed E-state index contributed by atoms with van der Waals surface area (Å²) in [6.45, 7) is 0.548. The van der Waals surface area contributed by atoms with E-state index in [9.17, 15) is 4.79 Å². The van der Waals surface area contributed by atoms with E-state index in [1.54, 1.807) is 23.9 Å². The smallest absolute Gasteiger partial charge is 0.260 e. The highest BCUT2D eigenvalue weighted by Crippen LogP contribution is 2.38. The Kier molecular flexibility index (Phi) is 3.08. The van der Waals surface area contributed by atoms with E-state index < -0.39 is 0 Å². The Morgan fingerprint density at radius 2 is 2.05 bits per heavy atom. The fraction of sp³-hybridized carbons (Fsp3) is 0.118. The first-order valence-corrected chi connectivity index (χ1v) is 8.10. The molecule has 0 radical (unpaired) electrons. The second kappa shape index (κ2) is 5.10. The van der Waals surface area contributed by atoms with E-state index in [0.29, 0.717) is 17.8 Å². The average molecular weight is 309 g/mol. The molecule has 2 aromatic rings. The maximum atomic E-state index is 13.0. The Bertz CT molecular complexity index is 819. The maximum Gasteiger partial charge on any atom is 0.260 e. The van der Waals surface area contributed by atoms with Crippen LogP contribution < -0.4 is 5.73 Å². The molecule has 0 saturated carbocycles. The zero-order valence-corrected chi connectivity index (χ0v) is 12.7. The van der Waals surface area contributed by atoms with Crippen LogP contribution in [0.3, 0.4) is 0 Å². The molecule has 0 aliphatic carbocycles. The molecule has 2 N–H and O–H groups in total. The highest BCUT2D eigenvalue weighted by Gasteiger charge is 2.29. The molecule has 2 aliphatic rings. The molecular weight excluding hydrogens is 294 g/mol. The van der Waals surface area contributed by atoms with Crippen LogP contribution in [-0.4, -0.2) is 21.1 Å². The summed E-state index contributed by atoms with van der Waals surface area (Å²) in [5.41, 5.74) is 9.14. The summed E-state index contributed by atoms with van der Waals surface area (Å²) < 4.78 is 2.09. The number of rotatable bonds is 1. The molecule has 0 spiro atoms. The van der Waals surface area contributed by atoms with Crippen molar-refractivity contribution in [3.8, 4) is 0 Å². The molecule has 5 heteroatoms. The van der Waals surface area contributed by atoms with Crippen molar-refractivity contribution in [1.29, 1.82) is 0 Å². The lowest BCUT2D eigenvalue weighted by Crippen LogP contribution is -2.30. The van der Waals surface area contributed by atoms with E-state index >= 15 is 0 Å². The number of hydrogen-bond acceptors (Lipinski definition) is 3. The molecule has 22 heavy (non-hydrogen) atoms. The maximum absolute atomic E-state index is 13.0. The number of nitrogen functional groups attached to an aromatic ring is 1. The molecule has 4 rings (SSSR count). The zero-order valence-electron chi connectivity index (χ0n) is 11.9. The van der Waals surface area contributed by atoms with Crippen LogP contribution in [0.4, 0.5) is 5.69 Å². The minimum absolute atomic E-state index is 0.0487. The summed E-state index contributed by atoms with van der Waals surface area (Å²) in [6, 6.07) is 11.3. The number of anilines is 1. The number of carbonyl (C=O) groups is 1. The van der Waals surface area contributed by atoms with Gasteiger partial charge in [-0.05, 0) is 30.3 Å². The molecule has 3 heterocycles. The third-order valence-corrected chi connectivity index (χ3v) is 4.90. The Morgan fingerprint density at radius 3 is 2.91 bits per heavy atom. The van der Waals surface area contributed by atoms with Crippen LogP contribution >= 0.6 is 11.8 Å². The van der Waals surface area contributed by atoms with Crippen LogP contribution in [0.1, 0.15) is 16.1 Å². The lowest BCUT2D eigenvalue weighted by molar-refractivity contribution is 0.0801. The van der Waals surface area contributed by atoms with Gasteiger partial charge in [-0.2, -0.15) is 0 Å². The van der Waals surface area contributed by atoms with E-state index in [1.165, 1.54) is 0 Å². The van der Waals surface area contributed by atoms with Crippen LogP contribution in [0, 0.1) is 0 Å². The molecule has 0 fully saturated rings. The minimum atomic E-state index is -0.0487. The van der Waals surface area contributed by atoms with E-state index in [2.05, 4.69) is 16.8 Å². The number of thioether (sulfide) groups is 1. The van der Waals surface area contributed by atoms with Gasteiger partial charge in [0.15, 0.2) is 0 Å².